The maximum Gasteiger partial charge on any atom is 0.416 e. The van der Waals surface area contributed by atoms with Crippen molar-refractivity contribution in [2.45, 2.75) is 18.9 Å². The van der Waals surface area contributed by atoms with Crippen LogP contribution in [0.2, 0.25) is 0 Å². The summed E-state index contributed by atoms with van der Waals surface area (Å²) in [6.45, 7) is 0.468. The van der Waals surface area contributed by atoms with E-state index in [4.69, 9.17) is 4.74 Å². The number of nitrogens with one attached hydrogen (secondary N) is 1. The van der Waals surface area contributed by atoms with Crippen molar-refractivity contribution in [3.63, 3.8) is 0 Å². The number of amides is 1. The number of aromatic nitrogens is 2. The van der Waals surface area contributed by atoms with Crippen LogP contribution in [0.3, 0.4) is 0 Å². The van der Waals surface area contributed by atoms with Gasteiger partial charge in [-0.25, -0.2) is 9.37 Å². The molecule has 1 amide bonds. The predicted molar refractivity (Wildman–Crippen MR) is 128 cm³/mol. The van der Waals surface area contributed by atoms with Crippen molar-refractivity contribution in [3.8, 4) is 11.6 Å². The van der Waals surface area contributed by atoms with Gasteiger partial charge in [-0.2, -0.15) is 31.3 Å². The van der Waals surface area contributed by atoms with Crippen molar-refractivity contribution in [2.75, 3.05) is 39.5 Å². The highest BCUT2D eigenvalue weighted by atomic mass is 19.4. The molecule has 0 atom stereocenters. The second-order valence-corrected chi connectivity index (χ2v) is 8.77. The second-order valence-electron chi connectivity index (χ2n) is 8.77. The summed E-state index contributed by atoms with van der Waals surface area (Å²) in [6, 6.07) is 5.91. The molecule has 0 bridgehead atoms. The monoisotopic (exact) mass is 559 g/mol. The molecular weight excluding hydrogens is 535 g/mol. The smallest absolute Gasteiger partial charge is 0.416 e. The van der Waals surface area contributed by atoms with E-state index in [0.717, 1.165) is 23.2 Å². The molecule has 0 aliphatic rings. The minimum absolute atomic E-state index is 0.00975. The molecule has 1 heterocycles. The lowest BCUT2D eigenvalue weighted by molar-refractivity contribution is -0.143. The van der Waals surface area contributed by atoms with Gasteiger partial charge in [-0.15, -0.1) is 0 Å². The summed E-state index contributed by atoms with van der Waals surface area (Å²) in [5, 5.41) is 2.95. The van der Waals surface area contributed by atoms with Gasteiger partial charge in [0.2, 0.25) is 11.8 Å². The average molecular weight is 559 g/mol. The van der Waals surface area contributed by atoms with E-state index in [0.29, 0.717) is 25.2 Å². The molecule has 0 spiro atoms. The number of likely N-dealkylation sites (N-methyl/N-ethyl adjacent to an activating group) is 1. The molecule has 0 aliphatic carbocycles. The van der Waals surface area contributed by atoms with Crippen LogP contribution in [0, 0.1) is 5.82 Å². The molecule has 1 aromatic heterocycles. The van der Waals surface area contributed by atoms with Gasteiger partial charge in [0.25, 0.3) is 5.91 Å². The molecule has 2 aromatic carbocycles. The first-order valence-electron chi connectivity index (χ1n) is 11.4. The molecule has 14 heteroatoms. The van der Waals surface area contributed by atoms with E-state index in [2.05, 4.69) is 15.3 Å². The Morgan fingerprint density at radius 3 is 2.08 bits per heavy atom. The van der Waals surface area contributed by atoms with Crippen LogP contribution >= 0.6 is 0 Å². The number of rotatable bonds is 9. The zero-order valence-electron chi connectivity index (χ0n) is 21.0. The first-order chi connectivity index (χ1) is 18.1. The lowest BCUT2D eigenvalue weighted by Gasteiger charge is -2.21. The van der Waals surface area contributed by atoms with Crippen LogP contribution in [0.25, 0.3) is 0 Å². The molecule has 1 N–H and O–H groups in total. The molecule has 210 valence electrons. The summed E-state index contributed by atoms with van der Waals surface area (Å²) < 4.78 is 98.4. The fraction of sp³-hybridized carbons (Fsp3) is 0.320. The van der Waals surface area contributed by atoms with E-state index in [9.17, 15) is 35.5 Å². The van der Waals surface area contributed by atoms with E-state index >= 15 is 0 Å². The third-order valence-corrected chi connectivity index (χ3v) is 5.27. The van der Waals surface area contributed by atoms with Gasteiger partial charge in [-0.1, -0.05) is 0 Å². The minimum atomic E-state index is -5.03. The Balaban J connectivity index is 1.92. The summed E-state index contributed by atoms with van der Waals surface area (Å²) in [4.78, 5) is 24.3. The number of ether oxygens (including phenoxy) is 1. The molecule has 7 nitrogen and oxygen atoms in total. The first kappa shape index (κ1) is 29.6. The largest absolute Gasteiger partial charge is 0.438 e. The number of carbonyl (C=O) groups is 1. The van der Waals surface area contributed by atoms with Gasteiger partial charge in [0.15, 0.2) is 0 Å². The Kier molecular flexibility index (Phi) is 8.99. The molecule has 3 aromatic rings. The summed E-state index contributed by atoms with van der Waals surface area (Å²) in [7, 11) is 4.90. The highest BCUT2D eigenvalue weighted by Crippen LogP contribution is 2.36. The zero-order valence-corrected chi connectivity index (χ0v) is 21.0. The van der Waals surface area contributed by atoms with E-state index < -0.39 is 47.3 Å². The minimum Gasteiger partial charge on any atom is -0.438 e. The molecule has 39 heavy (non-hydrogen) atoms. The molecule has 0 fully saturated rings. The number of hydrogen-bond donors (Lipinski definition) is 1. The molecule has 0 unspecified atom stereocenters. The Morgan fingerprint density at radius 2 is 1.54 bits per heavy atom. The van der Waals surface area contributed by atoms with E-state index in [-0.39, 0.29) is 29.2 Å². The lowest BCUT2D eigenvalue weighted by atomic mass is 10.0. The Labute approximate surface area is 219 Å². The Morgan fingerprint density at radius 1 is 0.949 bits per heavy atom. The van der Waals surface area contributed by atoms with Gasteiger partial charge in [-0.05, 0) is 62.1 Å². The van der Waals surface area contributed by atoms with Gasteiger partial charge in [0.1, 0.15) is 17.1 Å². The Hall–Kier alpha value is -3.94. The van der Waals surface area contributed by atoms with Crippen molar-refractivity contribution >= 4 is 11.9 Å². The topological polar surface area (TPSA) is 70.6 Å². The molecule has 3 rings (SSSR count). The number of halogens is 7. The lowest BCUT2D eigenvalue weighted by Crippen LogP contribution is -2.28. The van der Waals surface area contributed by atoms with E-state index in [1.807, 2.05) is 19.0 Å². The van der Waals surface area contributed by atoms with Crippen molar-refractivity contribution in [1.29, 1.82) is 0 Å². The maximum atomic E-state index is 13.3. The van der Waals surface area contributed by atoms with Crippen LogP contribution in [0.15, 0.2) is 48.7 Å². The highest BCUT2D eigenvalue weighted by Gasteiger charge is 2.37. The van der Waals surface area contributed by atoms with Crippen LogP contribution < -0.4 is 10.1 Å². The van der Waals surface area contributed by atoms with Gasteiger partial charge < -0.3 is 19.9 Å². The quantitative estimate of drug-likeness (QED) is 0.340. The normalized spacial score (nSPS) is 12.0. The molecule has 0 aliphatic heterocycles. The summed E-state index contributed by atoms with van der Waals surface area (Å²) in [5.74, 6) is -1.40. The molecular formula is C25H24F7N5O2. The molecule has 0 saturated carbocycles. The fourth-order valence-electron chi connectivity index (χ4n) is 3.34. The zero-order chi connectivity index (χ0) is 29.0. The third kappa shape index (κ3) is 8.27. The number of anilines is 1. The molecule has 0 saturated heterocycles. The van der Waals surface area contributed by atoms with Crippen LogP contribution in [-0.4, -0.2) is 59.9 Å². The van der Waals surface area contributed by atoms with Gasteiger partial charge >= 0.3 is 12.4 Å². The van der Waals surface area contributed by atoms with Crippen molar-refractivity contribution in [3.05, 3.63) is 76.7 Å². The second kappa shape index (κ2) is 11.8. The van der Waals surface area contributed by atoms with Crippen LogP contribution in [-0.2, 0) is 18.9 Å². The van der Waals surface area contributed by atoms with Crippen LogP contribution in [0.1, 0.15) is 27.0 Å². The number of benzene rings is 2. The van der Waals surface area contributed by atoms with Gasteiger partial charge in [-0.3, -0.25) is 4.79 Å². The highest BCUT2D eigenvalue weighted by molar-refractivity contribution is 5.96. The van der Waals surface area contributed by atoms with Crippen LogP contribution in [0.4, 0.5) is 36.7 Å². The van der Waals surface area contributed by atoms with Crippen LogP contribution in [0.5, 0.6) is 11.6 Å². The first-order valence-corrected chi connectivity index (χ1v) is 11.4. The predicted octanol–water partition coefficient (Wildman–Crippen LogP) is 5.69. The Bertz CT molecular complexity index is 1260. The standard InChI is InChI=1S/C25H24F7N5O2/c1-36(2)9-8-33-23-34-13-20(21(35-23)39-19-6-4-18(26)5-7-19)22(38)37(3)14-15-10-16(24(27,28)29)12-17(11-15)25(30,31)32/h4-7,10-13H,8-9,14H2,1-3H3,(H,33,34,35). The van der Waals surface area contributed by atoms with Gasteiger partial charge in [0.05, 0.1) is 11.1 Å². The van der Waals surface area contributed by atoms with E-state index in [1.54, 1.807) is 0 Å². The summed E-state index contributed by atoms with van der Waals surface area (Å²) in [6.07, 6.45) is -8.94. The number of hydrogen-bond acceptors (Lipinski definition) is 6. The number of alkyl halides is 6. The number of carbonyl (C=O) groups excluding carboxylic acids is 1. The fourth-order valence-corrected chi connectivity index (χ4v) is 3.34. The summed E-state index contributed by atoms with van der Waals surface area (Å²) >= 11 is 0. The van der Waals surface area contributed by atoms with E-state index in [1.165, 1.54) is 19.2 Å². The van der Waals surface area contributed by atoms with Gasteiger partial charge in [0, 0.05) is 32.9 Å². The number of nitrogens with zero attached hydrogens (tertiary/aromatic N) is 4. The van der Waals surface area contributed by atoms with Crippen molar-refractivity contribution in [1.82, 2.24) is 19.8 Å². The molecule has 0 radical (unpaired) electrons. The maximum absolute atomic E-state index is 13.3. The van der Waals surface area contributed by atoms with Crippen molar-refractivity contribution < 1.29 is 40.3 Å². The van der Waals surface area contributed by atoms with Crippen molar-refractivity contribution in [2.24, 2.45) is 0 Å². The average Bonchev–Trinajstić information content (AvgIpc) is 2.84. The third-order valence-electron chi connectivity index (χ3n) is 5.27. The summed E-state index contributed by atoms with van der Waals surface area (Å²) in [5.41, 5.74) is -3.60. The SMILES string of the molecule is CN(C)CCNc1ncc(C(=O)N(C)Cc2cc(C(F)(F)F)cc(C(F)(F)F)c2)c(Oc2ccc(F)cc2)n1.